The van der Waals surface area contributed by atoms with Crippen LogP contribution in [0.25, 0.3) is 0 Å². The van der Waals surface area contributed by atoms with Crippen LogP contribution in [0.4, 0.5) is 0 Å². The molecule has 0 aromatic heterocycles. The van der Waals surface area contributed by atoms with Gasteiger partial charge in [0.2, 0.25) is 0 Å². The first-order valence-corrected chi connectivity index (χ1v) is 9.03. The number of rotatable bonds is 4. The number of aldehydes is 1. The molecule has 2 aliphatic rings. The maximum atomic E-state index is 10.2. The summed E-state index contributed by atoms with van der Waals surface area (Å²) in [4.78, 5) is 14.7. The number of hydrogen-bond acceptors (Lipinski definition) is 6. The van der Waals surface area contributed by atoms with Gasteiger partial charge >= 0.3 is 0 Å². The summed E-state index contributed by atoms with van der Waals surface area (Å²) >= 11 is 0. The zero-order chi connectivity index (χ0) is 18.2. The first kappa shape index (κ1) is 21.5. The highest BCUT2D eigenvalue weighted by Crippen LogP contribution is 2.20. The standard InChI is InChI=1S/C9H20N2O.C9H17NO2/c1-9(2,3)8(10)11-4-6-12-7-5-11;1-9(2)8-10(4-3-6-11)5-7-12-9/h8H,4-7,10H2,1-3H3;6H,3-5,7-8H2,1-2H3. The van der Waals surface area contributed by atoms with Crippen LogP contribution in [0.3, 0.4) is 0 Å². The summed E-state index contributed by atoms with van der Waals surface area (Å²) in [5, 5.41) is 0. The largest absolute Gasteiger partial charge is 0.379 e. The molecule has 2 aliphatic heterocycles. The fraction of sp³-hybridized carbons (Fsp3) is 0.944. The molecular formula is C18H37N3O3. The van der Waals surface area contributed by atoms with Gasteiger partial charge in [0.1, 0.15) is 6.29 Å². The van der Waals surface area contributed by atoms with Crippen molar-refractivity contribution in [1.82, 2.24) is 9.80 Å². The van der Waals surface area contributed by atoms with Crippen LogP contribution < -0.4 is 5.73 Å². The van der Waals surface area contributed by atoms with Gasteiger partial charge in [0.05, 0.1) is 31.6 Å². The Kier molecular flexibility index (Phi) is 8.81. The Morgan fingerprint density at radius 2 is 1.79 bits per heavy atom. The Morgan fingerprint density at radius 3 is 2.29 bits per heavy atom. The molecule has 0 saturated carbocycles. The smallest absolute Gasteiger partial charge is 0.121 e. The molecule has 24 heavy (non-hydrogen) atoms. The minimum atomic E-state index is -0.0405. The molecule has 0 aromatic rings. The van der Waals surface area contributed by atoms with Crippen molar-refractivity contribution < 1.29 is 14.3 Å². The summed E-state index contributed by atoms with van der Waals surface area (Å²) in [5.41, 5.74) is 6.22. The molecule has 6 heteroatoms. The van der Waals surface area contributed by atoms with E-state index in [4.69, 9.17) is 15.2 Å². The fourth-order valence-electron chi connectivity index (χ4n) is 2.94. The van der Waals surface area contributed by atoms with Gasteiger partial charge < -0.3 is 20.0 Å². The summed E-state index contributed by atoms with van der Waals surface area (Å²) in [6.45, 7) is 17.8. The van der Waals surface area contributed by atoms with Crippen LogP contribution in [0.15, 0.2) is 0 Å². The van der Waals surface area contributed by atoms with Gasteiger partial charge in [-0.05, 0) is 19.3 Å². The first-order chi connectivity index (χ1) is 11.2. The molecule has 0 amide bonds. The SMILES string of the molecule is CC(C)(C)C(N)N1CCOCC1.CC1(C)CN(CCC=O)CCO1. The van der Waals surface area contributed by atoms with Crippen molar-refractivity contribution in [1.29, 1.82) is 0 Å². The van der Waals surface area contributed by atoms with E-state index < -0.39 is 0 Å². The molecule has 2 N–H and O–H groups in total. The highest BCUT2D eigenvalue weighted by Gasteiger charge is 2.28. The lowest BCUT2D eigenvalue weighted by Crippen LogP contribution is -2.54. The van der Waals surface area contributed by atoms with Gasteiger partial charge in [0.15, 0.2) is 0 Å². The van der Waals surface area contributed by atoms with Crippen molar-refractivity contribution in [3.8, 4) is 0 Å². The van der Waals surface area contributed by atoms with Crippen LogP contribution in [0.5, 0.6) is 0 Å². The molecule has 0 aromatic carbocycles. The molecule has 2 saturated heterocycles. The van der Waals surface area contributed by atoms with E-state index in [0.29, 0.717) is 6.42 Å². The normalized spacial score (nSPS) is 23.9. The average Bonchev–Trinajstić information content (AvgIpc) is 2.52. The van der Waals surface area contributed by atoms with Gasteiger partial charge in [-0.1, -0.05) is 20.8 Å². The molecular weight excluding hydrogens is 306 g/mol. The van der Waals surface area contributed by atoms with E-state index >= 15 is 0 Å². The van der Waals surface area contributed by atoms with Crippen molar-refractivity contribution in [3.63, 3.8) is 0 Å². The summed E-state index contributed by atoms with van der Waals surface area (Å²) in [6, 6.07) is 0. The van der Waals surface area contributed by atoms with Gasteiger partial charge in [-0.3, -0.25) is 9.80 Å². The van der Waals surface area contributed by atoms with Crippen LogP contribution in [0, 0.1) is 5.41 Å². The second kappa shape index (κ2) is 9.82. The number of ether oxygens (including phenoxy) is 2. The van der Waals surface area contributed by atoms with E-state index in [9.17, 15) is 4.79 Å². The molecule has 142 valence electrons. The van der Waals surface area contributed by atoms with Crippen molar-refractivity contribution in [2.24, 2.45) is 11.1 Å². The summed E-state index contributed by atoms with van der Waals surface area (Å²) in [6.07, 6.45) is 1.76. The zero-order valence-corrected chi connectivity index (χ0v) is 16.2. The van der Waals surface area contributed by atoms with Crippen molar-refractivity contribution >= 4 is 6.29 Å². The average molecular weight is 344 g/mol. The van der Waals surface area contributed by atoms with E-state index in [1.807, 2.05) is 0 Å². The lowest BCUT2D eigenvalue weighted by molar-refractivity contribution is -0.110. The third-order valence-electron chi connectivity index (χ3n) is 4.39. The lowest BCUT2D eigenvalue weighted by Gasteiger charge is -2.39. The molecule has 0 radical (unpaired) electrons. The van der Waals surface area contributed by atoms with E-state index in [-0.39, 0.29) is 17.2 Å². The van der Waals surface area contributed by atoms with Crippen LogP contribution in [-0.4, -0.2) is 80.4 Å². The number of nitrogens with two attached hydrogens (primary N) is 1. The van der Waals surface area contributed by atoms with Gasteiger partial charge in [-0.25, -0.2) is 0 Å². The van der Waals surface area contributed by atoms with Gasteiger partial charge in [-0.2, -0.15) is 0 Å². The summed E-state index contributed by atoms with van der Waals surface area (Å²) in [5.74, 6) is 0. The van der Waals surface area contributed by atoms with E-state index in [0.717, 1.165) is 58.8 Å². The Balaban J connectivity index is 0.000000240. The summed E-state index contributed by atoms with van der Waals surface area (Å²) < 4.78 is 10.8. The predicted octanol–water partition coefficient (Wildman–Crippen LogP) is 1.34. The van der Waals surface area contributed by atoms with Crippen molar-refractivity contribution in [2.75, 3.05) is 52.5 Å². The topological polar surface area (TPSA) is 68.0 Å². The Morgan fingerprint density at radius 1 is 1.17 bits per heavy atom. The molecule has 0 aliphatic carbocycles. The highest BCUT2D eigenvalue weighted by molar-refractivity contribution is 5.49. The Bertz CT molecular complexity index is 363. The van der Waals surface area contributed by atoms with E-state index in [1.54, 1.807) is 0 Å². The zero-order valence-electron chi connectivity index (χ0n) is 16.2. The van der Waals surface area contributed by atoms with Crippen LogP contribution in [0.2, 0.25) is 0 Å². The van der Waals surface area contributed by atoms with Crippen LogP contribution in [0.1, 0.15) is 41.0 Å². The second-order valence-corrected chi connectivity index (χ2v) is 8.30. The first-order valence-electron chi connectivity index (χ1n) is 9.03. The molecule has 2 rings (SSSR count). The van der Waals surface area contributed by atoms with Gasteiger partial charge in [0, 0.05) is 39.1 Å². The molecule has 0 spiro atoms. The molecule has 6 nitrogen and oxygen atoms in total. The molecule has 2 heterocycles. The molecule has 0 bridgehead atoms. The molecule has 1 unspecified atom stereocenters. The van der Waals surface area contributed by atoms with Crippen molar-refractivity contribution in [2.45, 2.75) is 52.8 Å². The quantitative estimate of drug-likeness (QED) is 0.777. The summed E-state index contributed by atoms with van der Waals surface area (Å²) in [7, 11) is 0. The predicted molar refractivity (Wildman–Crippen MR) is 97.0 cm³/mol. The number of nitrogens with zero attached hydrogens (tertiary/aromatic N) is 2. The number of hydrogen-bond donors (Lipinski definition) is 1. The highest BCUT2D eigenvalue weighted by atomic mass is 16.5. The Hall–Kier alpha value is -0.530. The third-order valence-corrected chi connectivity index (χ3v) is 4.39. The van der Waals surface area contributed by atoms with Crippen LogP contribution >= 0.6 is 0 Å². The van der Waals surface area contributed by atoms with Crippen LogP contribution in [-0.2, 0) is 14.3 Å². The minimum absolute atomic E-state index is 0.0405. The van der Waals surface area contributed by atoms with Crippen molar-refractivity contribution in [3.05, 3.63) is 0 Å². The lowest BCUT2D eigenvalue weighted by atomic mass is 9.91. The van der Waals surface area contributed by atoms with E-state index in [1.165, 1.54) is 0 Å². The third kappa shape index (κ3) is 8.03. The maximum Gasteiger partial charge on any atom is 0.121 e. The minimum Gasteiger partial charge on any atom is -0.379 e. The fourth-order valence-corrected chi connectivity index (χ4v) is 2.94. The monoisotopic (exact) mass is 343 g/mol. The Labute approximate surface area is 147 Å². The second-order valence-electron chi connectivity index (χ2n) is 8.30. The molecule has 1 atom stereocenters. The van der Waals surface area contributed by atoms with Gasteiger partial charge in [0.25, 0.3) is 0 Å². The number of carbonyl (C=O) groups is 1. The number of carbonyl (C=O) groups excluding carboxylic acids is 1. The van der Waals surface area contributed by atoms with Gasteiger partial charge in [-0.15, -0.1) is 0 Å². The molecule has 2 fully saturated rings. The maximum absolute atomic E-state index is 10.2. The van der Waals surface area contributed by atoms with E-state index in [2.05, 4.69) is 44.4 Å². The number of morpholine rings is 2.